The van der Waals surface area contributed by atoms with Crippen LogP contribution in [0.1, 0.15) is 19.8 Å². The van der Waals surface area contributed by atoms with Gasteiger partial charge in [-0.2, -0.15) is 0 Å². The number of piperidine rings is 1. The second-order valence-electron chi connectivity index (χ2n) is 4.34. The Hall–Kier alpha value is -0.140. The van der Waals surface area contributed by atoms with Crippen molar-refractivity contribution in [3.8, 4) is 0 Å². The fraction of sp³-hybridized carbons (Fsp3) is 0.462. The van der Waals surface area contributed by atoms with Crippen LogP contribution in [-0.2, 0) is 4.79 Å². The number of hydrogen-bond acceptors (Lipinski definition) is 2. The molecule has 0 spiro atoms. The molecule has 2 rings (SSSR count). The first kappa shape index (κ1) is 14.3. The number of hydrogen-bond donors (Lipinski definition) is 1. The summed E-state index contributed by atoms with van der Waals surface area (Å²) < 4.78 is 2.20. The summed E-state index contributed by atoms with van der Waals surface area (Å²) in [6, 6.07) is 6.03. The quantitative estimate of drug-likeness (QED) is 0.759. The number of rotatable bonds is 3. The van der Waals surface area contributed by atoms with E-state index >= 15 is 0 Å². The Labute approximate surface area is 130 Å². The molecule has 0 aliphatic carbocycles. The lowest BCUT2D eigenvalue weighted by atomic mass is 10.0. The highest BCUT2D eigenvalue weighted by atomic mass is 127. The summed E-state index contributed by atoms with van der Waals surface area (Å²) in [5, 5.41) is 3.26. The second-order valence-corrected chi connectivity index (χ2v) is 6.36. The Morgan fingerprint density at radius 2 is 2.33 bits per heavy atom. The van der Waals surface area contributed by atoms with Crippen LogP contribution < -0.4 is 10.2 Å². The van der Waals surface area contributed by atoms with Crippen molar-refractivity contribution in [3.05, 3.63) is 26.2 Å². The van der Waals surface area contributed by atoms with Crippen molar-refractivity contribution in [2.75, 3.05) is 18.0 Å². The van der Waals surface area contributed by atoms with Gasteiger partial charge in [0.25, 0.3) is 0 Å². The second kappa shape index (κ2) is 6.34. The number of carbonyl (C=O) groups is 1. The van der Waals surface area contributed by atoms with Gasteiger partial charge in [-0.25, -0.2) is 0 Å². The first-order valence-electron chi connectivity index (χ1n) is 6.13. The smallest absolute Gasteiger partial charge is 0.244 e. The van der Waals surface area contributed by atoms with E-state index < -0.39 is 0 Å². The monoisotopic (exact) mass is 422 g/mol. The van der Waals surface area contributed by atoms with Crippen LogP contribution in [0.15, 0.2) is 22.7 Å². The molecule has 1 atom stereocenters. The maximum absolute atomic E-state index is 12.4. The molecule has 1 N–H and O–H groups in total. The Balaban J connectivity index is 2.21. The van der Waals surface area contributed by atoms with Crippen molar-refractivity contribution in [2.24, 2.45) is 0 Å². The van der Waals surface area contributed by atoms with Crippen molar-refractivity contribution in [3.63, 3.8) is 0 Å². The summed E-state index contributed by atoms with van der Waals surface area (Å²) in [5.74, 6) is 0.196. The topological polar surface area (TPSA) is 32.3 Å². The normalized spacial score (nSPS) is 20.3. The zero-order chi connectivity index (χ0) is 13.1. The van der Waals surface area contributed by atoms with Gasteiger partial charge in [0.05, 0.1) is 6.04 Å². The van der Waals surface area contributed by atoms with Gasteiger partial charge < -0.3 is 10.2 Å². The average Bonchev–Trinajstić information content (AvgIpc) is 2.36. The molecular weight excluding hydrogens is 407 g/mol. The SMILES string of the molecule is CCNC1CCCN(c2ccc(Br)c(I)c2)C1=O. The molecule has 1 aliphatic rings. The predicted molar refractivity (Wildman–Crippen MR) is 85.9 cm³/mol. The van der Waals surface area contributed by atoms with Crippen LogP contribution in [0.2, 0.25) is 0 Å². The Bertz CT molecular complexity index is 451. The first-order chi connectivity index (χ1) is 8.63. The van der Waals surface area contributed by atoms with Gasteiger partial charge in [0.2, 0.25) is 5.91 Å². The maximum Gasteiger partial charge on any atom is 0.244 e. The standard InChI is InChI=1S/C13H16BrIN2O/c1-2-16-12-4-3-7-17(13(12)18)9-5-6-10(14)11(15)8-9/h5-6,8,12,16H,2-4,7H2,1H3. The van der Waals surface area contributed by atoms with E-state index in [1.165, 1.54) is 0 Å². The third-order valence-electron chi connectivity index (χ3n) is 3.10. The van der Waals surface area contributed by atoms with Crippen LogP contribution in [0.25, 0.3) is 0 Å². The van der Waals surface area contributed by atoms with Crippen LogP contribution >= 0.6 is 38.5 Å². The number of nitrogens with zero attached hydrogens (tertiary/aromatic N) is 1. The molecule has 0 bridgehead atoms. The van der Waals surface area contributed by atoms with E-state index in [0.717, 1.165) is 39.7 Å². The van der Waals surface area contributed by atoms with Crippen molar-refractivity contribution in [1.82, 2.24) is 5.32 Å². The number of likely N-dealkylation sites (N-methyl/N-ethyl adjacent to an activating group) is 1. The van der Waals surface area contributed by atoms with Gasteiger partial charge in [0.1, 0.15) is 0 Å². The van der Waals surface area contributed by atoms with E-state index in [-0.39, 0.29) is 11.9 Å². The lowest BCUT2D eigenvalue weighted by Crippen LogP contribution is -2.50. The van der Waals surface area contributed by atoms with Gasteiger partial charge in [-0.05, 0) is 76.1 Å². The molecule has 5 heteroatoms. The summed E-state index contributed by atoms with van der Waals surface area (Å²) in [6.45, 7) is 3.69. The molecule has 1 aromatic carbocycles. The van der Waals surface area contributed by atoms with Gasteiger partial charge in [-0.3, -0.25) is 4.79 Å². The summed E-state index contributed by atoms with van der Waals surface area (Å²) in [4.78, 5) is 14.3. The molecule has 0 aromatic heterocycles. The molecule has 1 unspecified atom stereocenters. The van der Waals surface area contributed by atoms with Gasteiger partial charge in [-0.1, -0.05) is 6.92 Å². The van der Waals surface area contributed by atoms with Crippen molar-refractivity contribution in [1.29, 1.82) is 0 Å². The molecule has 3 nitrogen and oxygen atoms in total. The Morgan fingerprint density at radius 1 is 1.56 bits per heavy atom. The van der Waals surface area contributed by atoms with Crippen LogP contribution in [0.3, 0.4) is 0 Å². The summed E-state index contributed by atoms with van der Waals surface area (Å²) in [6.07, 6.45) is 1.99. The largest absolute Gasteiger partial charge is 0.311 e. The fourth-order valence-corrected chi connectivity index (χ4v) is 2.97. The van der Waals surface area contributed by atoms with Gasteiger partial charge >= 0.3 is 0 Å². The predicted octanol–water partition coefficient (Wildman–Crippen LogP) is 3.16. The molecule has 18 heavy (non-hydrogen) atoms. The number of amides is 1. The Morgan fingerprint density at radius 3 is 3.00 bits per heavy atom. The minimum Gasteiger partial charge on any atom is -0.311 e. The number of anilines is 1. The third kappa shape index (κ3) is 3.05. The van der Waals surface area contributed by atoms with Crippen molar-refractivity contribution in [2.45, 2.75) is 25.8 Å². The molecule has 1 amide bonds. The van der Waals surface area contributed by atoms with Crippen molar-refractivity contribution < 1.29 is 4.79 Å². The van der Waals surface area contributed by atoms with Crippen LogP contribution in [0.4, 0.5) is 5.69 Å². The summed E-state index contributed by atoms with van der Waals surface area (Å²) in [5.41, 5.74) is 0.996. The zero-order valence-electron chi connectivity index (χ0n) is 10.2. The Kier molecular flexibility index (Phi) is 5.03. The molecule has 1 aromatic rings. The highest BCUT2D eigenvalue weighted by molar-refractivity contribution is 14.1. The summed E-state index contributed by atoms with van der Waals surface area (Å²) >= 11 is 5.76. The van der Waals surface area contributed by atoms with Crippen LogP contribution in [-0.4, -0.2) is 25.0 Å². The van der Waals surface area contributed by atoms with E-state index in [9.17, 15) is 4.79 Å². The third-order valence-corrected chi connectivity index (χ3v) is 5.43. The van der Waals surface area contributed by atoms with Gasteiger partial charge in [0.15, 0.2) is 0 Å². The van der Waals surface area contributed by atoms with Crippen LogP contribution in [0, 0.1) is 3.57 Å². The minimum absolute atomic E-state index is 0.0231. The summed E-state index contributed by atoms with van der Waals surface area (Å²) in [7, 11) is 0. The van der Waals surface area contributed by atoms with Gasteiger partial charge in [0, 0.05) is 20.3 Å². The fourth-order valence-electron chi connectivity index (χ4n) is 2.22. The molecule has 1 fully saturated rings. The highest BCUT2D eigenvalue weighted by Gasteiger charge is 2.28. The first-order valence-corrected chi connectivity index (χ1v) is 8.00. The van der Waals surface area contributed by atoms with E-state index in [2.05, 4.69) is 49.9 Å². The molecule has 0 radical (unpaired) electrons. The molecular formula is C13H16BrIN2O. The molecule has 1 aliphatic heterocycles. The molecule has 1 saturated heterocycles. The van der Waals surface area contributed by atoms with Crippen molar-refractivity contribution >= 4 is 50.1 Å². The number of nitrogens with one attached hydrogen (secondary N) is 1. The molecule has 0 saturated carbocycles. The maximum atomic E-state index is 12.4. The van der Waals surface area contributed by atoms with E-state index in [0.29, 0.717) is 0 Å². The van der Waals surface area contributed by atoms with E-state index in [4.69, 9.17) is 0 Å². The van der Waals surface area contributed by atoms with E-state index in [1.54, 1.807) is 0 Å². The van der Waals surface area contributed by atoms with Gasteiger partial charge in [-0.15, -0.1) is 0 Å². The zero-order valence-corrected chi connectivity index (χ0v) is 14.0. The van der Waals surface area contributed by atoms with Crippen LogP contribution in [0.5, 0.6) is 0 Å². The lowest BCUT2D eigenvalue weighted by molar-refractivity contribution is -0.121. The lowest BCUT2D eigenvalue weighted by Gasteiger charge is -2.32. The van der Waals surface area contributed by atoms with E-state index in [1.807, 2.05) is 24.0 Å². The molecule has 98 valence electrons. The number of halogens is 2. The highest BCUT2D eigenvalue weighted by Crippen LogP contribution is 2.27. The molecule has 1 heterocycles. The minimum atomic E-state index is -0.0231. The average molecular weight is 423 g/mol. The number of benzene rings is 1. The number of carbonyl (C=O) groups excluding carboxylic acids is 1.